The van der Waals surface area contributed by atoms with Crippen LogP contribution in [0.4, 0.5) is 0 Å². The summed E-state index contributed by atoms with van der Waals surface area (Å²) in [5, 5.41) is 2.46. The predicted octanol–water partition coefficient (Wildman–Crippen LogP) is 5.01. The summed E-state index contributed by atoms with van der Waals surface area (Å²) in [4.78, 5) is 4.04. The molecule has 0 radical (unpaired) electrons. The van der Waals surface area contributed by atoms with Crippen LogP contribution >= 0.6 is 43.5 Å². The molecule has 0 saturated carbocycles. The third-order valence-corrected chi connectivity index (χ3v) is 5.77. The van der Waals surface area contributed by atoms with E-state index in [9.17, 15) is 0 Å². The van der Waals surface area contributed by atoms with Crippen LogP contribution in [0.25, 0.3) is 0 Å². The molecular formula is C15H14Br2ClN. The van der Waals surface area contributed by atoms with Gasteiger partial charge in [0.25, 0.3) is 0 Å². The van der Waals surface area contributed by atoms with Crippen molar-refractivity contribution >= 4 is 43.5 Å². The summed E-state index contributed by atoms with van der Waals surface area (Å²) in [6.07, 6.45) is 4.36. The van der Waals surface area contributed by atoms with Crippen LogP contribution in [0, 0.1) is 0 Å². The van der Waals surface area contributed by atoms with Gasteiger partial charge in [-0.05, 0) is 23.6 Å². The van der Waals surface area contributed by atoms with E-state index in [0.29, 0.717) is 0 Å². The summed E-state index contributed by atoms with van der Waals surface area (Å²) in [5.41, 5.74) is 2.42. The standard InChI is InChI=1S/C15H14Br2ClN/c16-10-15(11-17,13-4-2-1-3-5-13)8-12-6-7-19-9-14(12)18/h1-7,9H,8,10-11H2. The van der Waals surface area contributed by atoms with Crippen molar-refractivity contribution in [3.63, 3.8) is 0 Å². The molecule has 0 amide bonds. The van der Waals surface area contributed by atoms with Crippen molar-refractivity contribution < 1.29 is 0 Å². The number of aromatic nitrogens is 1. The molecule has 1 heterocycles. The Morgan fingerprint density at radius 3 is 2.32 bits per heavy atom. The van der Waals surface area contributed by atoms with Crippen LogP contribution in [0.5, 0.6) is 0 Å². The quantitative estimate of drug-likeness (QED) is 0.640. The third-order valence-electron chi connectivity index (χ3n) is 3.28. The van der Waals surface area contributed by atoms with Crippen LogP contribution in [0.1, 0.15) is 11.1 Å². The lowest BCUT2D eigenvalue weighted by Crippen LogP contribution is -2.33. The van der Waals surface area contributed by atoms with Crippen LogP contribution in [0.2, 0.25) is 5.02 Å². The van der Waals surface area contributed by atoms with Crippen LogP contribution in [-0.4, -0.2) is 15.6 Å². The van der Waals surface area contributed by atoms with Gasteiger partial charge >= 0.3 is 0 Å². The van der Waals surface area contributed by atoms with Crippen LogP contribution in [0.3, 0.4) is 0 Å². The van der Waals surface area contributed by atoms with Crippen molar-refractivity contribution in [1.82, 2.24) is 4.98 Å². The Balaban J connectivity index is 2.38. The van der Waals surface area contributed by atoms with Gasteiger partial charge < -0.3 is 0 Å². The van der Waals surface area contributed by atoms with E-state index >= 15 is 0 Å². The molecule has 0 unspecified atom stereocenters. The molecular weight excluding hydrogens is 389 g/mol. The zero-order valence-corrected chi connectivity index (χ0v) is 14.2. The highest BCUT2D eigenvalue weighted by molar-refractivity contribution is 9.09. The molecule has 1 aromatic carbocycles. The Morgan fingerprint density at radius 1 is 1.05 bits per heavy atom. The van der Waals surface area contributed by atoms with E-state index < -0.39 is 0 Å². The number of halogens is 3. The molecule has 0 saturated heterocycles. The Bertz CT molecular complexity index is 527. The number of nitrogens with zero attached hydrogens (tertiary/aromatic N) is 1. The Kier molecular flexibility index (Phi) is 5.43. The van der Waals surface area contributed by atoms with Crippen molar-refractivity contribution in [2.45, 2.75) is 11.8 Å². The lowest BCUT2D eigenvalue weighted by atomic mass is 9.79. The summed E-state index contributed by atoms with van der Waals surface area (Å²) < 4.78 is 0. The molecule has 0 atom stereocenters. The van der Waals surface area contributed by atoms with E-state index in [1.807, 2.05) is 12.1 Å². The number of rotatable bonds is 5. The molecule has 19 heavy (non-hydrogen) atoms. The zero-order valence-electron chi connectivity index (χ0n) is 10.3. The molecule has 0 spiro atoms. The van der Waals surface area contributed by atoms with Crippen molar-refractivity contribution in [3.05, 3.63) is 64.9 Å². The molecule has 0 aliphatic rings. The minimum absolute atomic E-state index is 0.00769. The monoisotopic (exact) mass is 401 g/mol. The number of hydrogen-bond donors (Lipinski definition) is 0. The first-order valence-corrected chi connectivity index (χ1v) is 8.60. The normalized spacial score (nSPS) is 11.5. The Labute approximate surface area is 135 Å². The molecule has 2 aromatic rings. The van der Waals surface area contributed by atoms with Gasteiger partial charge in [-0.1, -0.05) is 73.8 Å². The van der Waals surface area contributed by atoms with Gasteiger partial charge in [0, 0.05) is 28.5 Å². The van der Waals surface area contributed by atoms with E-state index in [2.05, 4.69) is 61.1 Å². The van der Waals surface area contributed by atoms with Crippen molar-refractivity contribution in [2.75, 3.05) is 10.7 Å². The zero-order chi connectivity index (χ0) is 13.7. The maximum absolute atomic E-state index is 6.24. The first kappa shape index (κ1) is 15.0. The average molecular weight is 404 g/mol. The van der Waals surface area contributed by atoms with Crippen LogP contribution in [-0.2, 0) is 11.8 Å². The molecule has 4 heteroatoms. The maximum Gasteiger partial charge on any atom is 0.0621 e. The predicted molar refractivity (Wildman–Crippen MR) is 88.7 cm³/mol. The highest BCUT2D eigenvalue weighted by Gasteiger charge is 2.31. The summed E-state index contributed by atoms with van der Waals surface area (Å²) in [5.74, 6) is 0. The lowest BCUT2D eigenvalue weighted by molar-refractivity contribution is 0.551. The molecule has 0 bridgehead atoms. The fourth-order valence-electron chi connectivity index (χ4n) is 2.09. The minimum atomic E-state index is -0.00769. The summed E-state index contributed by atoms with van der Waals surface area (Å²) in [7, 11) is 0. The lowest BCUT2D eigenvalue weighted by Gasteiger charge is -2.31. The molecule has 0 N–H and O–H groups in total. The summed E-state index contributed by atoms with van der Waals surface area (Å²) in [6, 6.07) is 12.5. The van der Waals surface area contributed by atoms with Gasteiger partial charge in [0.1, 0.15) is 0 Å². The van der Waals surface area contributed by atoms with Crippen LogP contribution in [0.15, 0.2) is 48.8 Å². The van der Waals surface area contributed by atoms with Gasteiger partial charge in [-0.2, -0.15) is 0 Å². The average Bonchev–Trinajstić information content (AvgIpc) is 2.48. The molecule has 100 valence electrons. The summed E-state index contributed by atoms with van der Waals surface area (Å²) in [6.45, 7) is 0. The van der Waals surface area contributed by atoms with Gasteiger partial charge in [0.05, 0.1) is 5.02 Å². The number of pyridine rings is 1. The second-order valence-corrected chi connectivity index (χ2v) is 6.09. The maximum atomic E-state index is 6.24. The Morgan fingerprint density at radius 2 is 1.74 bits per heavy atom. The molecule has 0 aliphatic carbocycles. The topological polar surface area (TPSA) is 12.9 Å². The number of benzene rings is 1. The first-order valence-electron chi connectivity index (χ1n) is 5.98. The van der Waals surface area contributed by atoms with Crippen molar-refractivity contribution in [3.8, 4) is 0 Å². The van der Waals surface area contributed by atoms with E-state index in [4.69, 9.17) is 11.6 Å². The highest BCUT2D eigenvalue weighted by Crippen LogP contribution is 2.34. The SMILES string of the molecule is Clc1cnccc1CC(CBr)(CBr)c1ccccc1. The summed E-state index contributed by atoms with van der Waals surface area (Å²) >= 11 is 13.6. The van der Waals surface area contributed by atoms with Gasteiger partial charge in [-0.25, -0.2) is 0 Å². The Hall–Kier alpha value is -0.380. The molecule has 1 aromatic heterocycles. The first-order chi connectivity index (χ1) is 9.22. The van der Waals surface area contributed by atoms with E-state index in [0.717, 1.165) is 27.7 Å². The van der Waals surface area contributed by atoms with Gasteiger partial charge in [-0.15, -0.1) is 0 Å². The van der Waals surface area contributed by atoms with E-state index in [1.54, 1.807) is 12.4 Å². The number of hydrogen-bond acceptors (Lipinski definition) is 1. The molecule has 0 aliphatic heterocycles. The third kappa shape index (κ3) is 3.39. The molecule has 0 fully saturated rings. The fraction of sp³-hybridized carbons (Fsp3) is 0.267. The van der Waals surface area contributed by atoms with E-state index in [1.165, 1.54) is 5.56 Å². The second kappa shape index (κ2) is 6.87. The highest BCUT2D eigenvalue weighted by atomic mass is 79.9. The second-order valence-electron chi connectivity index (χ2n) is 4.56. The van der Waals surface area contributed by atoms with Gasteiger partial charge in [0.15, 0.2) is 0 Å². The number of alkyl halides is 2. The van der Waals surface area contributed by atoms with E-state index in [-0.39, 0.29) is 5.41 Å². The van der Waals surface area contributed by atoms with Gasteiger partial charge in [0.2, 0.25) is 0 Å². The fourth-order valence-corrected chi connectivity index (χ4v) is 4.25. The van der Waals surface area contributed by atoms with Gasteiger partial charge in [-0.3, -0.25) is 4.98 Å². The minimum Gasteiger partial charge on any atom is -0.263 e. The van der Waals surface area contributed by atoms with Crippen LogP contribution < -0.4 is 0 Å². The molecule has 2 rings (SSSR count). The smallest absolute Gasteiger partial charge is 0.0621 e. The van der Waals surface area contributed by atoms with Crippen molar-refractivity contribution in [2.24, 2.45) is 0 Å². The molecule has 1 nitrogen and oxygen atoms in total. The van der Waals surface area contributed by atoms with Crippen molar-refractivity contribution in [1.29, 1.82) is 0 Å². The largest absolute Gasteiger partial charge is 0.263 e.